The summed E-state index contributed by atoms with van der Waals surface area (Å²) >= 11 is 0. The lowest BCUT2D eigenvalue weighted by atomic mass is 9.91. The third-order valence-electron chi connectivity index (χ3n) is 4.38. The number of halogens is 1. The van der Waals surface area contributed by atoms with Gasteiger partial charge in [-0.25, -0.2) is 9.69 Å². The van der Waals surface area contributed by atoms with Crippen molar-refractivity contribution in [1.82, 2.24) is 14.7 Å². The quantitative estimate of drug-likeness (QED) is 0.422. The predicted octanol–water partition coefficient (Wildman–Crippen LogP) is -0.0292. The number of carbonyl (C=O) groups is 4. The number of rotatable bonds is 5. The smallest absolute Gasteiger partial charge is 0.335 e. The molecule has 0 radical (unpaired) electrons. The molecule has 0 aromatic carbocycles. The fourth-order valence-electron chi connectivity index (χ4n) is 2.89. The highest BCUT2D eigenvalue weighted by Gasteiger charge is 2.45. The van der Waals surface area contributed by atoms with Gasteiger partial charge in [0.05, 0.1) is 0 Å². The van der Waals surface area contributed by atoms with Gasteiger partial charge in [-0.1, -0.05) is 6.08 Å². The van der Waals surface area contributed by atoms with E-state index in [0.717, 1.165) is 17.7 Å². The van der Waals surface area contributed by atoms with Crippen LogP contribution < -0.4 is 5.73 Å². The molecule has 2 aliphatic heterocycles. The van der Waals surface area contributed by atoms with E-state index >= 15 is 0 Å². The molecule has 0 saturated carbocycles. The van der Waals surface area contributed by atoms with Gasteiger partial charge in [0.2, 0.25) is 5.91 Å². The SMILES string of the molecule is C=CCN1C(=O)C(=O)N(CC(=O)N2CCC(C(C)N)CC2)C1=O.Cl. The van der Waals surface area contributed by atoms with Crippen LogP contribution in [-0.2, 0) is 14.4 Å². The van der Waals surface area contributed by atoms with Gasteiger partial charge in [0.15, 0.2) is 0 Å². The van der Waals surface area contributed by atoms with Crippen LogP contribution in [0.25, 0.3) is 0 Å². The molecular formula is C15H23ClN4O4. The number of piperidine rings is 1. The Labute approximate surface area is 147 Å². The van der Waals surface area contributed by atoms with Gasteiger partial charge in [-0.15, -0.1) is 19.0 Å². The fraction of sp³-hybridized carbons (Fsp3) is 0.600. The third-order valence-corrected chi connectivity index (χ3v) is 4.38. The summed E-state index contributed by atoms with van der Waals surface area (Å²) in [5.74, 6) is -1.84. The molecule has 2 saturated heterocycles. The van der Waals surface area contributed by atoms with E-state index in [1.54, 1.807) is 4.90 Å². The minimum atomic E-state index is -0.962. The molecule has 0 aliphatic carbocycles. The van der Waals surface area contributed by atoms with Crippen LogP contribution in [0.1, 0.15) is 19.8 Å². The van der Waals surface area contributed by atoms with Gasteiger partial charge in [-0.3, -0.25) is 19.3 Å². The first-order chi connectivity index (χ1) is 10.9. The van der Waals surface area contributed by atoms with Crippen LogP contribution in [0.4, 0.5) is 4.79 Å². The lowest BCUT2D eigenvalue weighted by molar-refractivity contribution is -0.145. The van der Waals surface area contributed by atoms with E-state index in [1.807, 2.05) is 6.92 Å². The van der Waals surface area contributed by atoms with E-state index in [9.17, 15) is 19.2 Å². The Bertz CT molecular complexity index is 544. The van der Waals surface area contributed by atoms with Crippen LogP contribution in [0, 0.1) is 5.92 Å². The molecule has 2 fully saturated rings. The van der Waals surface area contributed by atoms with Crippen LogP contribution in [0.3, 0.4) is 0 Å². The van der Waals surface area contributed by atoms with E-state index in [0.29, 0.717) is 23.9 Å². The highest BCUT2D eigenvalue weighted by molar-refractivity contribution is 6.45. The standard InChI is InChI=1S/C15H22N4O4.ClH/c1-3-6-18-13(21)14(22)19(15(18)23)9-12(20)17-7-4-11(5-8-17)10(2)16;/h3,10-11H,1,4-9,16H2,2H3;1H. The lowest BCUT2D eigenvalue weighted by Gasteiger charge is -2.34. The normalized spacial score (nSPS) is 20.2. The summed E-state index contributed by atoms with van der Waals surface area (Å²) in [6, 6.07) is -0.683. The number of hydrogen-bond acceptors (Lipinski definition) is 5. The molecule has 2 heterocycles. The number of amides is 5. The van der Waals surface area contributed by atoms with E-state index in [1.165, 1.54) is 6.08 Å². The van der Waals surface area contributed by atoms with Crippen molar-refractivity contribution in [2.24, 2.45) is 11.7 Å². The predicted molar refractivity (Wildman–Crippen MR) is 89.2 cm³/mol. The minimum absolute atomic E-state index is 0. The summed E-state index contributed by atoms with van der Waals surface area (Å²) in [7, 11) is 0. The average Bonchev–Trinajstić information content (AvgIpc) is 2.73. The summed E-state index contributed by atoms with van der Waals surface area (Å²) < 4.78 is 0. The van der Waals surface area contributed by atoms with Crippen molar-refractivity contribution in [3.8, 4) is 0 Å². The van der Waals surface area contributed by atoms with Gasteiger partial charge in [-0.2, -0.15) is 0 Å². The zero-order valence-corrected chi connectivity index (χ0v) is 14.5. The van der Waals surface area contributed by atoms with Gasteiger partial charge < -0.3 is 10.6 Å². The molecule has 1 unspecified atom stereocenters. The first-order valence-corrected chi connectivity index (χ1v) is 7.68. The van der Waals surface area contributed by atoms with Crippen molar-refractivity contribution < 1.29 is 19.2 Å². The molecule has 2 aliphatic rings. The highest BCUT2D eigenvalue weighted by Crippen LogP contribution is 2.20. The maximum Gasteiger partial charge on any atom is 0.335 e. The monoisotopic (exact) mass is 358 g/mol. The molecule has 2 N–H and O–H groups in total. The van der Waals surface area contributed by atoms with Crippen LogP contribution in [0.2, 0.25) is 0 Å². The summed E-state index contributed by atoms with van der Waals surface area (Å²) in [4.78, 5) is 51.0. The number of nitrogens with two attached hydrogens (primary N) is 1. The summed E-state index contributed by atoms with van der Waals surface area (Å²) in [6.45, 7) is 6.03. The van der Waals surface area contributed by atoms with E-state index < -0.39 is 24.4 Å². The Morgan fingerprint density at radius 3 is 2.29 bits per heavy atom. The number of nitrogens with zero attached hydrogens (tertiary/aromatic N) is 3. The first-order valence-electron chi connectivity index (χ1n) is 7.68. The average molecular weight is 359 g/mol. The second-order valence-electron chi connectivity index (χ2n) is 5.96. The molecule has 134 valence electrons. The first kappa shape index (κ1) is 20.1. The molecule has 24 heavy (non-hydrogen) atoms. The number of urea groups is 1. The number of imide groups is 2. The Morgan fingerprint density at radius 1 is 1.25 bits per heavy atom. The Morgan fingerprint density at radius 2 is 1.79 bits per heavy atom. The molecule has 0 bridgehead atoms. The Balaban J connectivity index is 0.00000288. The van der Waals surface area contributed by atoms with Crippen LogP contribution in [-0.4, -0.2) is 70.7 Å². The molecule has 1 atom stereocenters. The van der Waals surface area contributed by atoms with Crippen LogP contribution in [0.15, 0.2) is 12.7 Å². The highest BCUT2D eigenvalue weighted by atomic mass is 35.5. The second-order valence-corrected chi connectivity index (χ2v) is 5.96. The lowest BCUT2D eigenvalue weighted by Crippen LogP contribution is -2.47. The van der Waals surface area contributed by atoms with Gasteiger partial charge in [0, 0.05) is 25.7 Å². The summed E-state index contributed by atoms with van der Waals surface area (Å²) in [6.07, 6.45) is 2.95. The number of likely N-dealkylation sites (tertiary alicyclic amines) is 1. The molecule has 0 aromatic rings. The van der Waals surface area contributed by atoms with Crippen molar-refractivity contribution in [2.45, 2.75) is 25.8 Å². The second kappa shape index (κ2) is 8.25. The van der Waals surface area contributed by atoms with Gasteiger partial charge in [-0.05, 0) is 25.7 Å². The van der Waals surface area contributed by atoms with Crippen LogP contribution >= 0.6 is 12.4 Å². The molecule has 9 heteroatoms. The zero-order chi connectivity index (χ0) is 17.1. The fourth-order valence-corrected chi connectivity index (χ4v) is 2.89. The Hall–Kier alpha value is -1.93. The molecule has 2 rings (SSSR count). The maximum absolute atomic E-state index is 12.3. The van der Waals surface area contributed by atoms with Gasteiger partial charge in [0.1, 0.15) is 6.54 Å². The van der Waals surface area contributed by atoms with E-state index in [-0.39, 0.29) is 30.9 Å². The summed E-state index contributed by atoms with van der Waals surface area (Å²) in [5.41, 5.74) is 5.86. The molecule has 8 nitrogen and oxygen atoms in total. The van der Waals surface area contributed by atoms with Crippen molar-refractivity contribution in [1.29, 1.82) is 0 Å². The van der Waals surface area contributed by atoms with E-state index in [4.69, 9.17) is 5.73 Å². The maximum atomic E-state index is 12.3. The zero-order valence-electron chi connectivity index (χ0n) is 13.6. The van der Waals surface area contributed by atoms with Gasteiger partial charge >= 0.3 is 17.8 Å². The minimum Gasteiger partial charge on any atom is -0.341 e. The van der Waals surface area contributed by atoms with Crippen molar-refractivity contribution >= 4 is 36.2 Å². The Kier molecular flexibility index (Phi) is 6.92. The van der Waals surface area contributed by atoms with Crippen molar-refractivity contribution in [3.63, 3.8) is 0 Å². The van der Waals surface area contributed by atoms with Crippen molar-refractivity contribution in [3.05, 3.63) is 12.7 Å². The molecule has 0 spiro atoms. The van der Waals surface area contributed by atoms with Crippen molar-refractivity contribution in [2.75, 3.05) is 26.2 Å². The number of carbonyl (C=O) groups excluding carboxylic acids is 4. The number of hydrogen-bond donors (Lipinski definition) is 1. The van der Waals surface area contributed by atoms with Gasteiger partial charge in [0.25, 0.3) is 0 Å². The molecule has 5 amide bonds. The van der Waals surface area contributed by atoms with Crippen LogP contribution in [0.5, 0.6) is 0 Å². The largest absolute Gasteiger partial charge is 0.341 e. The molecule has 0 aromatic heterocycles. The molecular weight excluding hydrogens is 336 g/mol. The third kappa shape index (κ3) is 3.93. The summed E-state index contributed by atoms with van der Waals surface area (Å²) in [5, 5.41) is 0. The van der Waals surface area contributed by atoms with E-state index in [2.05, 4.69) is 6.58 Å². The topological polar surface area (TPSA) is 104 Å².